The zero-order valence-electron chi connectivity index (χ0n) is 21.7. The fraction of sp³-hybridized carbons (Fsp3) is 0.240. The number of ether oxygens (including phenoxy) is 3. The number of aliphatic hydroxyl groups excluding tert-OH is 2. The van der Waals surface area contributed by atoms with Crippen LogP contribution in [0, 0.1) is 6.92 Å². The number of nitrogens with two attached hydrogens (primary N) is 1. The van der Waals surface area contributed by atoms with Crippen molar-refractivity contribution in [2.24, 2.45) is 5.73 Å². The van der Waals surface area contributed by atoms with E-state index >= 15 is 0 Å². The number of anilines is 1. The van der Waals surface area contributed by atoms with Gasteiger partial charge >= 0.3 is 6.09 Å². The normalized spacial score (nSPS) is 14.2. The Morgan fingerprint density at radius 2 is 1.77 bits per heavy atom. The van der Waals surface area contributed by atoms with Crippen LogP contribution in [0.5, 0.6) is 11.5 Å². The van der Waals surface area contributed by atoms with E-state index in [4.69, 9.17) is 15.2 Å². The number of aromatic nitrogens is 1. The Morgan fingerprint density at radius 3 is 2.40 bits per heavy atom. The summed E-state index contributed by atoms with van der Waals surface area (Å²) >= 11 is 1.25. The number of fused-ring (bicyclic) bond motifs is 1. The summed E-state index contributed by atoms with van der Waals surface area (Å²) in [6.07, 6.45) is -0.278. The molecule has 4 rings (SSSR count). The molecule has 0 saturated heterocycles. The van der Waals surface area contributed by atoms with Gasteiger partial charge in [-0.25, -0.2) is 18.2 Å². The first-order chi connectivity index (χ1) is 18.9. The van der Waals surface area contributed by atoms with E-state index in [0.29, 0.717) is 16.6 Å². The number of carbonyl (C=O) groups excluding carboxylic acids is 2. The van der Waals surface area contributed by atoms with Gasteiger partial charge in [0.2, 0.25) is 0 Å². The van der Waals surface area contributed by atoms with Crippen LogP contribution in [0.25, 0.3) is 5.76 Å². The van der Waals surface area contributed by atoms with Crippen LogP contribution in [0.4, 0.5) is 9.93 Å². The monoisotopic (exact) mass is 592 g/mol. The van der Waals surface area contributed by atoms with Crippen LogP contribution < -0.4 is 20.5 Å². The minimum atomic E-state index is -3.90. The van der Waals surface area contributed by atoms with Crippen LogP contribution in [-0.2, 0) is 19.6 Å². The van der Waals surface area contributed by atoms with Crippen LogP contribution in [-0.4, -0.2) is 73.4 Å². The van der Waals surface area contributed by atoms with Gasteiger partial charge in [-0.05, 0) is 31.2 Å². The van der Waals surface area contributed by atoms with Gasteiger partial charge in [-0.15, -0.1) is 11.3 Å². The largest absolute Gasteiger partial charge is 0.505 e. The number of amides is 2. The summed E-state index contributed by atoms with van der Waals surface area (Å²) in [6, 6.07) is 13.0. The van der Waals surface area contributed by atoms with Crippen molar-refractivity contribution in [2.45, 2.75) is 17.9 Å². The quantitative estimate of drug-likeness (QED) is 0.302. The number of thiazole rings is 1. The number of para-hydroxylation sites is 2. The summed E-state index contributed by atoms with van der Waals surface area (Å²) in [6.45, 7) is 1.61. The second kappa shape index (κ2) is 13.1. The van der Waals surface area contributed by atoms with E-state index in [-0.39, 0.29) is 35.1 Å². The molecular formula is C25H28N4O9S2. The van der Waals surface area contributed by atoms with Gasteiger partial charge < -0.3 is 30.2 Å². The Labute approximate surface area is 234 Å². The molecule has 1 aromatic heterocycles. The van der Waals surface area contributed by atoms with Gasteiger partial charge in [0, 0.05) is 23.7 Å². The summed E-state index contributed by atoms with van der Waals surface area (Å²) in [5.41, 5.74) is 4.53. The van der Waals surface area contributed by atoms with Crippen molar-refractivity contribution >= 4 is 44.3 Å². The van der Waals surface area contributed by atoms with E-state index in [9.17, 15) is 28.2 Å². The number of hydrogen-bond acceptors (Lipinski definition) is 11. The van der Waals surface area contributed by atoms with E-state index in [0.717, 1.165) is 9.18 Å². The van der Waals surface area contributed by atoms with Crippen molar-refractivity contribution in [3.63, 3.8) is 0 Å². The lowest BCUT2D eigenvalue weighted by molar-refractivity contribution is -0.113. The molecule has 214 valence electrons. The van der Waals surface area contributed by atoms with Crippen LogP contribution in [0.15, 0.2) is 65.3 Å². The number of benzene rings is 2. The van der Waals surface area contributed by atoms with E-state index in [2.05, 4.69) is 15.0 Å². The Morgan fingerprint density at radius 1 is 1.12 bits per heavy atom. The highest BCUT2D eigenvalue weighted by atomic mass is 32.2. The molecule has 0 radical (unpaired) electrons. The van der Waals surface area contributed by atoms with Crippen molar-refractivity contribution in [3.05, 3.63) is 70.9 Å². The van der Waals surface area contributed by atoms with Gasteiger partial charge in [0.05, 0.1) is 12.0 Å². The first-order valence-corrected chi connectivity index (χ1v) is 13.8. The minimum absolute atomic E-state index is 0.0202. The molecule has 0 spiro atoms. The molecule has 1 aliphatic rings. The highest BCUT2D eigenvalue weighted by Crippen LogP contribution is 2.35. The zero-order valence-corrected chi connectivity index (χ0v) is 23.4. The topological polar surface area (TPSA) is 191 Å². The SMILES string of the molecule is COc1ccccc1OCC(O)COC(N)=O.Cc1cnc(NC(=O)C2=C(O)c3ccccc3S(=O)(=O)N2C)s1. The van der Waals surface area contributed by atoms with E-state index in [1.165, 1.54) is 37.6 Å². The third kappa shape index (κ3) is 7.19. The fourth-order valence-corrected chi connectivity index (χ4v) is 5.46. The number of likely N-dealkylation sites (N-methyl/N-ethyl adjacent to an activating group) is 1. The molecule has 0 fully saturated rings. The molecular weight excluding hydrogens is 564 g/mol. The smallest absolute Gasteiger partial charge is 0.404 e. The zero-order chi connectivity index (χ0) is 29.4. The number of aliphatic hydroxyl groups is 2. The summed E-state index contributed by atoms with van der Waals surface area (Å²) < 4.78 is 40.6. The highest BCUT2D eigenvalue weighted by Gasteiger charge is 2.37. The van der Waals surface area contributed by atoms with Gasteiger partial charge in [0.1, 0.15) is 19.3 Å². The van der Waals surface area contributed by atoms with Gasteiger partial charge in [-0.1, -0.05) is 24.3 Å². The van der Waals surface area contributed by atoms with Gasteiger partial charge in [0.15, 0.2) is 28.1 Å². The molecule has 2 aromatic carbocycles. The first-order valence-electron chi connectivity index (χ1n) is 11.6. The summed E-state index contributed by atoms with van der Waals surface area (Å²) in [7, 11) is -1.15. The van der Waals surface area contributed by atoms with Crippen molar-refractivity contribution in [2.75, 3.05) is 32.7 Å². The second-order valence-corrected chi connectivity index (χ2v) is 11.3. The fourth-order valence-electron chi connectivity index (χ4n) is 3.40. The van der Waals surface area contributed by atoms with Crippen LogP contribution in [0.2, 0.25) is 0 Å². The number of hydrogen-bond donors (Lipinski definition) is 4. The molecule has 3 aromatic rings. The number of nitrogens with one attached hydrogen (secondary N) is 1. The lowest BCUT2D eigenvalue weighted by atomic mass is 10.1. The predicted octanol–water partition coefficient (Wildman–Crippen LogP) is 2.48. The standard InChI is InChI=1S/C14H13N3O4S2.C11H15NO5/c1-8-7-15-14(22-8)16-13(19)11-12(18)9-5-3-4-6-10(9)23(20,21)17(11)2;1-15-9-4-2-3-5-10(9)16-6-8(13)7-17-11(12)14/h3-7,18H,1-2H3,(H,15,16,19);2-5,8,13H,6-7H2,1H3,(H2,12,14). The van der Waals surface area contributed by atoms with Crippen LogP contribution >= 0.6 is 11.3 Å². The maximum Gasteiger partial charge on any atom is 0.404 e. The predicted molar refractivity (Wildman–Crippen MR) is 146 cm³/mol. The van der Waals surface area contributed by atoms with E-state index < -0.39 is 28.1 Å². The number of rotatable bonds is 8. The second-order valence-electron chi connectivity index (χ2n) is 8.14. The lowest BCUT2D eigenvalue weighted by Crippen LogP contribution is -2.37. The molecule has 0 bridgehead atoms. The maximum absolute atomic E-state index is 12.5. The average Bonchev–Trinajstić information content (AvgIpc) is 3.34. The van der Waals surface area contributed by atoms with E-state index in [1.54, 1.807) is 42.6 Å². The first kappa shape index (κ1) is 30.2. The van der Waals surface area contributed by atoms with Gasteiger partial charge in [-0.3, -0.25) is 14.4 Å². The van der Waals surface area contributed by atoms with Gasteiger partial charge in [0.25, 0.3) is 15.9 Å². The molecule has 0 saturated carbocycles. The van der Waals surface area contributed by atoms with Crippen molar-refractivity contribution in [1.29, 1.82) is 0 Å². The van der Waals surface area contributed by atoms with Crippen molar-refractivity contribution < 1.29 is 42.4 Å². The molecule has 5 N–H and O–H groups in total. The Balaban J connectivity index is 0.000000232. The molecule has 1 aliphatic heterocycles. The van der Waals surface area contributed by atoms with Crippen LogP contribution in [0.3, 0.4) is 0 Å². The lowest BCUT2D eigenvalue weighted by Gasteiger charge is -2.28. The molecule has 15 heteroatoms. The number of primary amides is 1. The molecule has 2 heterocycles. The molecule has 1 unspecified atom stereocenters. The van der Waals surface area contributed by atoms with E-state index in [1.807, 2.05) is 6.92 Å². The van der Waals surface area contributed by atoms with Gasteiger partial charge in [-0.2, -0.15) is 0 Å². The van der Waals surface area contributed by atoms with Crippen LogP contribution in [0.1, 0.15) is 10.4 Å². The highest BCUT2D eigenvalue weighted by molar-refractivity contribution is 7.89. The summed E-state index contributed by atoms with van der Waals surface area (Å²) in [5.74, 6) is -0.0511. The summed E-state index contributed by atoms with van der Waals surface area (Å²) in [5, 5.41) is 22.6. The third-order valence-electron chi connectivity index (χ3n) is 5.29. The maximum atomic E-state index is 12.5. The Bertz CT molecular complexity index is 1510. The number of methoxy groups -OCH3 is 1. The molecule has 13 nitrogen and oxygen atoms in total. The molecule has 0 aliphatic carbocycles. The summed E-state index contributed by atoms with van der Waals surface area (Å²) in [4.78, 5) is 27.6. The number of aryl methyl sites for hydroxylation is 1. The Kier molecular flexibility index (Phi) is 9.93. The molecule has 1 atom stereocenters. The molecule has 40 heavy (non-hydrogen) atoms. The van der Waals surface area contributed by atoms with Crippen molar-refractivity contribution in [1.82, 2.24) is 9.29 Å². The third-order valence-corrected chi connectivity index (χ3v) is 7.94. The average molecular weight is 593 g/mol. The minimum Gasteiger partial charge on any atom is -0.505 e. The number of sulfonamides is 1. The Hall–Kier alpha value is -4.34. The molecule has 2 amide bonds. The van der Waals surface area contributed by atoms with Crippen molar-refractivity contribution in [3.8, 4) is 11.5 Å². The number of carbonyl (C=O) groups is 2. The number of nitrogens with zero attached hydrogens (tertiary/aromatic N) is 2.